The molecule has 0 aliphatic heterocycles. The summed E-state index contributed by atoms with van der Waals surface area (Å²) < 4.78 is 5.45. The monoisotopic (exact) mass is 278 g/mol. The molecular weight excluding hydrogens is 256 g/mol. The number of benzene rings is 1. The fourth-order valence-corrected chi connectivity index (χ4v) is 2.39. The van der Waals surface area contributed by atoms with Crippen molar-refractivity contribution in [3.8, 4) is 0 Å². The lowest BCUT2D eigenvalue weighted by Gasteiger charge is -2.40. The third kappa shape index (κ3) is 3.49. The van der Waals surface area contributed by atoms with Gasteiger partial charge in [0.2, 0.25) is 0 Å². The second-order valence-electron chi connectivity index (χ2n) is 5.20. The van der Waals surface area contributed by atoms with Gasteiger partial charge >= 0.3 is 6.03 Å². The van der Waals surface area contributed by atoms with Crippen LogP contribution in [0.3, 0.4) is 0 Å². The zero-order chi connectivity index (χ0) is 14.4. The minimum atomic E-state index is -0.207. The Balaban J connectivity index is 1.77. The van der Waals surface area contributed by atoms with Gasteiger partial charge in [-0.05, 0) is 30.4 Å². The molecule has 0 saturated heterocycles. The van der Waals surface area contributed by atoms with Crippen molar-refractivity contribution in [3.63, 3.8) is 0 Å². The molecule has 0 spiro atoms. The van der Waals surface area contributed by atoms with Crippen molar-refractivity contribution in [1.29, 1.82) is 0 Å². The number of aliphatic hydroxyl groups is 1. The molecular formula is C15H22N2O3. The van der Waals surface area contributed by atoms with Gasteiger partial charge in [0.05, 0.1) is 12.2 Å². The van der Waals surface area contributed by atoms with Crippen LogP contribution in [-0.2, 0) is 17.9 Å². The van der Waals surface area contributed by atoms with Gasteiger partial charge in [-0.15, -0.1) is 0 Å². The molecule has 5 nitrogen and oxygen atoms in total. The van der Waals surface area contributed by atoms with E-state index >= 15 is 0 Å². The van der Waals surface area contributed by atoms with Crippen LogP contribution < -0.4 is 10.6 Å². The normalized spacial score (nSPS) is 16.3. The Morgan fingerprint density at radius 3 is 2.55 bits per heavy atom. The Hall–Kier alpha value is -1.59. The van der Waals surface area contributed by atoms with E-state index in [1.54, 1.807) is 7.11 Å². The smallest absolute Gasteiger partial charge is 0.315 e. The molecule has 1 aliphatic rings. The Morgan fingerprint density at radius 1 is 1.30 bits per heavy atom. The Kier molecular flexibility index (Phi) is 4.98. The minimum absolute atomic E-state index is 0.0216. The molecule has 1 aromatic carbocycles. The van der Waals surface area contributed by atoms with E-state index < -0.39 is 0 Å². The number of carbonyl (C=O) groups is 1. The van der Waals surface area contributed by atoms with Crippen molar-refractivity contribution in [1.82, 2.24) is 10.6 Å². The van der Waals surface area contributed by atoms with Gasteiger partial charge in [-0.2, -0.15) is 0 Å². The molecule has 0 radical (unpaired) electrons. The van der Waals surface area contributed by atoms with E-state index in [1.165, 1.54) is 0 Å². The predicted octanol–water partition coefficient (Wildman–Crippen LogP) is 1.55. The number of rotatable bonds is 6. The van der Waals surface area contributed by atoms with Gasteiger partial charge in [0.25, 0.3) is 0 Å². The summed E-state index contributed by atoms with van der Waals surface area (Å²) in [6.45, 7) is 0.922. The summed E-state index contributed by atoms with van der Waals surface area (Å²) in [4.78, 5) is 11.8. The fourth-order valence-electron chi connectivity index (χ4n) is 2.39. The van der Waals surface area contributed by atoms with Crippen molar-refractivity contribution >= 4 is 6.03 Å². The molecule has 2 amide bonds. The third-order valence-electron chi connectivity index (χ3n) is 4.00. The fraction of sp³-hybridized carbons (Fsp3) is 0.533. The first kappa shape index (κ1) is 14.8. The summed E-state index contributed by atoms with van der Waals surface area (Å²) in [5.41, 5.74) is 1.59. The van der Waals surface area contributed by atoms with Crippen LogP contribution in [0.15, 0.2) is 24.3 Å². The maximum Gasteiger partial charge on any atom is 0.315 e. The van der Waals surface area contributed by atoms with E-state index in [-0.39, 0.29) is 18.2 Å². The lowest BCUT2D eigenvalue weighted by Crippen LogP contribution is -2.51. The number of ether oxygens (including phenoxy) is 1. The third-order valence-corrected chi connectivity index (χ3v) is 4.00. The molecule has 0 heterocycles. The zero-order valence-corrected chi connectivity index (χ0v) is 11.8. The van der Waals surface area contributed by atoms with E-state index in [9.17, 15) is 9.90 Å². The standard InChI is InChI=1S/C15H22N2O3/c1-20-15(7-4-8-15)11-17-14(19)16-9-12-5-2-3-6-13(12)10-18/h2-3,5-6,18H,4,7-11H2,1H3,(H2,16,17,19). The van der Waals surface area contributed by atoms with Gasteiger partial charge in [-0.3, -0.25) is 0 Å². The number of hydrogen-bond donors (Lipinski definition) is 3. The molecule has 0 bridgehead atoms. The largest absolute Gasteiger partial charge is 0.392 e. The number of carbonyl (C=O) groups excluding carboxylic acids is 1. The molecule has 1 fully saturated rings. The van der Waals surface area contributed by atoms with E-state index in [0.29, 0.717) is 13.1 Å². The molecule has 0 atom stereocenters. The van der Waals surface area contributed by atoms with Crippen LogP contribution in [0, 0.1) is 0 Å². The summed E-state index contributed by atoms with van der Waals surface area (Å²) in [6.07, 6.45) is 3.15. The Labute approximate surface area is 119 Å². The van der Waals surface area contributed by atoms with E-state index in [2.05, 4.69) is 10.6 Å². The van der Waals surface area contributed by atoms with Crippen LogP contribution in [0.2, 0.25) is 0 Å². The number of methoxy groups -OCH3 is 1. The summed E-state index contributed by atoms with van der Waals surface area (Å²) in [5, 5.41) is 14.9. The van der Waals surface area contributed by atoms with Crippen molar-refractivity contribution in [2.45, 2.75) is 38.0 Å². The highest BCUT2D eigenvalue weighted by molar-refractivity contribution is 5.74. The van der Waals surface area contributed by atoms with Gasteiger partial charge in [0.1, 0.15) is 0 Å². The zero-order valence-electron chi connectivity index (χ0n) is 11.8. The summed E-state index contributed by atoms with van der Waals surface area (Å²) in [7, 11) is 1.69. The molecule has 1 aliphatic carbocycles. The lowest BCUT2D eigenvalue weighted by molar-refractivity contribution is -0.0673. The maximum absolute atomic E-state index is 11.8. The van der Waals surface area contributed by atoms with Gasteiger partial charge < -0.3 is 20.5 Å². The highest BCUT2D eigenvalue weighted by Gasteiger charge is 2.37. The van der Waals surface area contributed by atoms with Crippen LogP contribution in [0.5, 0.6) is 0 Å². The number of urea groups is 1. The quantitative estimate of drug-likeness (QED) is 0.739. The molecule has 3 N–H and O–H groups in total. The number of amides is 2. The van der Waals surface area contributed by atoms with Crippen molar-refractivity contribution < 1.29 is 14.6 Å². The maximum atomic E-state index is 11.8. The van der Waals surface area contributed by atoms with Gasteiger partial charge in [-0.25, -0.2) is 4.79 Å². The van der Waals surface area contributed by atoms with Crippen LogP contribution in [0.25, 0.3) is 0 Å². The second-order valence-corrected chi connectivity index (χ2v) is 5.20. The molecule has 110 valence electrons. The molecule has 0 unspecified atom stereocenters. The first-order chi connectivity index (χ1) is 9.69. The molecule has 1 aromatic rings. The topological polar surface area (TPSA) is 70.6 Å². The SMILES string of the molecule is COC1(CNC(=O)NCc2ccccc2CO)CCC1. The molecule has 0 aromatic heterocycles. The van der Waals surface area contributed by atoms with Crippen LogP contribution in [0.4, 0.5) is 4.79 Å². The van der Waals surface area contributed by atoms with Crippen LogP contribution >= 0.6 is 0 Å². The number of hydrogen-bond acceptors (Lipinski definition) is 3. The first-order valence-corrected chi connectivity index (χ1v) is 6.93. The average molecular weight is 278 g/mol. The van der Waals surface area contributed by atoms with E-state index in [1.807, 2.05) is 24.3 Å². The second kappa shape index (κ2) is 6.72. The predicted molar refractivity (Wildman–Crippen MR) is 76.2 cm³/mol. The summed E-state index contributed by atoms with van der Waals surface area (Å²) in [5.74, 6) is 0. The summed E-state index contributed by atoms with van der Waals surface area (Å²) >= 11 is 0. The lowest BCUT2D eigenvalue weighted by atomic mass is 9.80. The average Bonchev–Trinajstić information content (AvgIpc) is 2.44. The number of aliphatic hydroxyl groups excluding tert-OH is 1. The Bertz CT molecular complexity index is 453. The summed E-state index contributed by atoms with van der Waals surface area (Å²) in [6, 6.07) is 7.30. The molecule has 5 heteroatoms. The highest BCUT2D eigenvalue weighted by Crippen LogP contribution is 2.34. The minimum Gasteiger partial charge on any atom is -0.392 e. The van der Waals surface area contributed by atoms with Crippen LogP contribution in [0.1, 0.15) is 30.4 Å². The van der Waals surface area contributed by atoms with E-state index in [4.69, 9.17) is 4.74 Å². The van der Waals surface area contributed by atoms with Crippen molar-refractivity contribution in [2.24, 2.45) is 0 Å². The first-order valence-electron chi connectivity index (χ1n) is 6.93. The van der Waals surface area contributed by atoms with E-state index in [0.717, 1.165) is 30.4 Å². The van der Waals surface area contributed by atoms with Crippen molar-refractivity contribution in [3.05, 3.63) is 35.4 Å². The molecule has 1 saturated carbocycles. The number of nitrogens with one attached hydrogen (secondary N) is 2. The molecule has 2 rings (SSSR count). The molecule has 20 heavy (non-hydrogen) atoms. The van der Waals surface area contributed by atoms with Gasteiger partial charge in [-0.1, -0.05) is 24.3 Å². The highest BCUT2D eigenvalue weighted by atomic mass is 16.5. The van der Waals surface area contributed by atoms with Gasteiger partial charge in [0, 0.05) is 20.2 Å². The van der Waals surface area contributed by atoms with Crippen LogP contribution in [-0.4, -0.2) is 30.4 Å². The van der Waals surface area contributed by atoms with Crippen molar-refractivity contribution in [2.75, 3.05) is 13.7 Å². The van der Waals surface area contributed by atoms with Gasteiger partial charge in [0.15, 0.2) is 0 Å². The Morgan fingerprint density at radius 2 is 2.00 bits per heavy atom.